The number of nitrogens with one attached hydrogen (secondary N) is 1. The van der Waals surface area contributed by atoms with Crippen molar-refractivity contribution in [2.45, 2.75) is 38.8 Å². The van der Waals surface area contributed by atoms with E-state index in [4.69, 9.17) is 4.52 Å². The minimum absolute atomic E-state index is 0. The summed E-state index contributed by atoms with van der Waals surface area (Å²) in [6.07, 6.45) is 0. The van der Waals surface area contributed by atoms with E-state index in [1.165, 1.54) is 0 Å². The molecule has 6 heteroatoms. The summed E-state index contributed by atoms with van der Waals surface area (Å²) < 4.78 is 5.26. The second kappa shape index (κ2) is 5.33. The van der Waals surface area contributed by atoms with Crippen LogP contribution in [0.1, 0.15) is 32.5 Å². The summed E-state index contributed by atoms with van der Waals surface area (Å²) in [5.74, 6) is 1.49. The molecule has 98 valence electrons. The van der Waals surface area contributed by atoms with Crippen LogP contribution in [0.3, 0.4) is 0 Å². The Bertz CT molecular complexity index is 357. The van der Waals surface area contributed by atoms with Crippen LogP contribution in [0.15, 0.2) is 4.52 Å². The second-order valence-corrected chi connectivity index (χ2v) is 5.49. The molecule has 17 heavy (non-hydrogen) atoms. The fourth-order valence-electron chi connectivity index (χ4n) is 1.55. The van der Waals surface area contributed by atoms with Gasteiger partial charge in [0, 0.05) is 24.5 Å². The van der Waals surface area contributed by atoms with Crippen molar-refractivity contribution >= 4 is 12.4 Å². The molecule has 1 aromatic heterocycles. The normalized spacial score (nSPS) is 16.8. The van der Waals surface area contributed by atoms with Gasteiger partial charge in [-0.1, -0.05) is 25.9 Å². The number of nitrogens with zero attached hydrogens (tertiary/aromatic N) is 3. The highest BCUT2D eigenvalue weighted by Crippen LogP contribution is 2.19. The molecule has 1 saturated heterocycles. The third-order valence-electron chi connectivity index (χ3n) is 2.91. The van der Waals surface area contributed by atoms with E-state index in [2.05, 4.69) is 48.2 Å². The summed E-state index contributed by atoms with van der Waals surface area (Å²) in [7, 11) is 2.09. The van der Waals surface area contributed by atoms with Crippen molar-refractivity contribution < 1.29 is 4.52 Å². The van der Waals surface area contributed by atoms with E-state index >= 15 is 0 Å². The molecule has 1 N–H and O–H groups in total. The Hall–Kier alpha value is -0.650. The molecule has 0 atom stereocenters. The molecule has 0 radical (unpaired) electrons. The minimum atomic E-state index is -0.0433. The number of rotatable bonds is 3. The van der Waals surface area contributed by atoms with Gasteiger partial charge in [-0.2, -0.15) is 4.98 Å². The van der Waals surface area contributed by atoms with Gasteiger partial charge in [0.05, 0.1) is 6.54 Å². The largest absolute Gasteiger partial charge is 0.338 e. The number of halogens is 1. The Morgan fingerprint density at radius 1 is 1.41 bits per heavy atom. The van der Waals surface area contributed by atoms with Crippen LogP contribution in [0, 0.1) is 0 Å². The molecule has 1 aromatic rings. The van der Waals surface area contributed by atoms with E-state index in [0.29, 0.717) is 11.9 Å². The monoisotopic (exact) mass is 260 g/mol. The van der Waals surface area contributed by atoms with Crippen LogP contribution in [-0.4, -0.2) is 41.2 Å². The van der Waals surface area contributed by atoms with Crippen molar-refractivity contribution in [1.82, 2.24) is 20.4 Å². The fraction of sp³-hybridized carbons (Fsp3) is 0.818. The molecular weight excluding hydrogens is 240 g/mol. The molecule has 1 fully saturated rings. The maximum atomic E-state index is 5.26. The summed E-state index contributed by atoms with van der Waals surface area (Å²) in [5, 5.41) is 7.26. The minimum Gasteiger partial charge on any atom is -0.338 e. The predicted octanol–water partition coefficient (Wildman–Crippen LogP) is 1.19. The van der Waals surface area contributed by atoms with Crippen molar-refractivity contribution in [2.24, 2.45) is 0 Å². The molecule has 0 bridgehead atoms. The summed E-state index contributed by atoms with van der Waals surface area (Å²) in [4.78, 5) is 6.67. The molecule has 1 aliphatic rings. The van der Waals surface area contributed by atoms with Crippen LogP contribution in [0.4, 0.5) is 0 Å². The Morgan fingerprint density at radius 3 is 2.47 bits per heavy atom. The molecule has 2 heterocycles. The second-order valence-electron chi connectivity index (χ2n) is 5.49. The smallest absolute Gasteiger partial charge is 0.240 e. The van der Waals surface area contributed by atoms with E-state index in [1.54, 1.807) is 0 Å². The average Bonchev–Trinajstić information content (AvgIpc) is 2.47. The lowest BCUT2D eigenvalue weighted by Crippen LogP contribution is -2.55. The topological polar surface area (TPSA) is 54.2 Å². The quantitative estimate of drug-likeness (QED) is 0.885. The van der Waals surface area contributed by atoms with Gasteiger partial charge in [0.1, 0.15) is 0 Å². The lowest BCUT2D eigenvalue weighted by molar-refractivity contribution is 0.155. The van der Waals surface area contributed by atoms with Gasteiger partial charge in [-0.3, -0.25) is 4.90 Å². The zero-order valence-corrected chi connectivity index (χ0v) is 11.7. The highest BCUT2D eigenvalue weighted by Gasteiger charge is 2.25. The molecule has 2 rings (SSSR count). The predicted molar refractivity (Wildman–Crippen MR) is 68.4 cm³/mol. The lowest BCUT2D eigenvalue weighted by Gasteiger charge is -2.34. The fourth-order valence-corrected chi connectivity index (χ4v) is 1.55. The number of likely N-dealkylation sites (N-methyl/N-ethyl adjacent to an activating group) is 1. The molecule has 0 amide bonds. The van der Waals surface area contributed by atoms with E-state index in [1.807, 2.05) is 0 Å². The van der Waals surface area contributed by atoms with Gasteiger partial charge in [-0.25, -0.2) is 0 Å². The van der Waals surface area contributed by atoms with Crippen molar-refractivity contribution in [3.05, 3.63) is 11.7 Å². The van der Waals surface area contributed by atoms with Crippen LogP contribution in [0.25, 0.3) is 0 Å². The van der Waals surface area contributed by atoms with Crippen LogP contribution < -0.4 is 5.32 Å². The van der Waals surface area contributed by atoms with E-state index in [9.17, 15) is 0 Å². The molecule has 0 aliphatic carbocycles. The lowest BCUT2D eigenvalue weighted by atomic mass is 9.96. The van der Waals surface area contributed by atoms with Gasteiger partial charge in [0.25, 0.3) is 0 Å². The maximum Gasteiger partial charge on any atom is 0.240 e. The molecule has 0 spiro atoms. The van der Waals surface area contributed by atoms with Gasteiger partial charge in [-0.05, 0) is 7.05 Å². The highest BCUT2D eigenvalue weighted by atomic mass is 35.5. The zero-order chi connectivity index (χ0) is 11.8. The molecule has 0 aromatic carbocycles. The van der Waals surface area contributed by atoms with Crippen molar-refractivity contribution in [1.29, 1.82) is 0 Å². The Kier molecular flexibility index (Phi) is 4.52. The molecule has 5 nitrogen and oxygen atoms in total. The van der Waals surface area contributed by atoms with E-state index < -0.39 is 0 Å². The first-order chi connectivity index (χ1) is 7.47. The summed E-state index contributed by atoms with van der Waals surface area (Å²) in [6, 6.07) is 0.602. The summed E-state index contributed by atoms with van der Waals surface area (Å²) in [5.41, 5.74) is -0.0433. The average molecular weight is 261 g/mol. The Balaban J connectivity index is 0.00000144. The number of hydrogen-bond acceptors (Lipinski definition) is 5. The van der Waals surface area contributed by atoms with Gasteiger partial charge in [0.15, 0.2) is 5.82 Å². The van der Waals surface area contributed by atoms with Crippen molar-refractivity contribution in [2.75, 3.05) is 20.1 Å². The first-order valence-corrected chi connectivity index (χ1v) is 5.71. The third kappa shape index (κ3) is 3.40. The summed E-state index contributed by atoms with van der Waals surface area (Å²) in [6.45, 7) is 9.09. The van der Waals surface area contributed by atoms with Crippen LogP contribution in [0.2, 0.25) is 0 Å². The first-order valence-electron chi connectivity index (χ1n) is 5.71. The van der Waals surface area contributed by atoms with Crippen LogP contribution >= 0.6 is 12.4 Å². The maximum absolute atomic E-state index is 5.26. The number of aromatic nitrogens is 2. The van der Waals surface area contributed by atoms with Crippen LogP contribution in [0.5, 0.6) is 0 Å². The van der Waals surface area contributed by atoms with E-state index in [0.717, 1.165) is 25.5 Å². The third-order valence-corrected chi connectivity index (χ3v) is 2.91. The summed E-state index contributed by atoms with van der Waals surface area (Å²) >= 11 is 0. The van der Waals surface area contributed by atoms with Crippen molar-refractivity contribution in [3.63, 3.8) is 0 Å². The Labute approximate surface area is 108 Å². The van der Waals surface area contributed by atoms with Gasteiger partial charge < -0.3 is 9.84 Å². The molecule has 1 aliphatic heterocycles. The van der Waals surface area contributed by atoms with Crippen molar-refractivity contribution in [3.8, 4) is 0 Å². The Morgan fingerprint density at radius 2 is 2.06 bits per heavy atom. The first kappa shape index (κ1) is 14.4. The number of hydrogen-bond donors (Lipinski definition) is 1. The van der Waals surface area contributed by atoms with Crippen LogP contribution in [-0.2, 0) is 12.0 Å². The highest BCUT2D eigenvalue weighted by molar-refractivity contribution is 5.85. The van der Waals surface area contributed by atoms with Gasteiger partial charge >= 0.3 is 0 Å². The van der Waals surface area contributed by atoms with Gasteiger partial charge in [-0.15, -0.1) is 12.4 Å². The molecular formula is C11H21ClN4O. The standard InChI is InChI=1S/C11H20N4O.ClH/c1-11(2,3)10-13-9(16-14-10)7-15(4)8-5-12-6-8;/h8,12H,5-7H2,1-4H3;1H. The van der Waals surface area contributed by atoms with E-state index in [-0.39, 0.29) is 17.8 Å². The molecule has 0 unspecified atom stereocenters. The molecule has 0 saturated carbocycles. The zero-order valence-electron chi connectivity index (χ0n) is 10.9. The van der Waals surface area contributed by atoms with Gasteiger partial charge in [0.2, 0.25) is 5.89 Å². The SMILES string of the molecule is CN(Cc1nc(C(C)(C)C)no1)C1CNC1.Cl.